The van der Waals surface area contributed by atoms with Gasteiger partial charge in [-0.15, -0.1) is 33.7 Å². The van der Waals surface area contributed by atoms with Gasteiger partial charge in [0.1, 0.15) is 0 Å². The second kappa shape index (κ2) is 11.9. The van der Waals surface area contributed by atoms with Gasteiger partial charge in [0.15, 0.2) is 0 Å². The molecule has 184 valence electrons. The first kappa shape index (κ1) is 29.7. The Morgan fingerprint density at radius 1 is 0.757 bits per heavy atom. The first-order valence-electron chi connectivity index (χ1n) is 12.4. The number of fused-ring (bicyclic) bond motifs is 4. The average molecular weight is 617 g/mol. The number of rotatable bonds is 4. The second-order valence-corrected chi connectivity index (χ2v) is 12.7. The van der Waals surface area contributed by atoms with Crippen LogP contribution >= 0.6 is 0 Å². The van der Waals surface area contributed by atoms with E-state index in [2.05, 4.69) is 124 Å². The summed E-state index contributed by atoms with van der Waals surface area (Å²) < 4.78 is 0. The molecule has 5 aromatic rings. The van der Waals surface area contributed by atoms with Crippen molar-refractivity contribution in [1.29, 1.82) is 0 Å². The summed E-state index contributed by atoms with van der Waals surface area (Å²) in [6.07, 6.45) is 2.51. The Bertz CT molecular complexity index is 1560. The summed E-state index contributed by atoms with van der Waals surface area (Å²) in [7, 11) is -0.645. The summed E-state index contributed by atoms with van der Waals surface area (Å²) in [6.45, 7) is 9.59. The van der Waals surface area contributed by atoms with E-state index in [1.165, 1.54) is 43.8 Å². The van der Waals surface area contributed by atoms with Crippen LogP contribution in [0.25, 0.3) is 38.7 Å². The van der Waals surface area contributed by atoms with Crippen molar-refractivity contribution in [2.45, 2.75) is 32.9 Å². The first-order chi connectivity index (χ1) is 16.5. The third kappa shape index (κ3) is 4.99. The maximum absolute atomic E-state index is 2.51. The monoisotopic (exact) mass is 614 g/mol. The number of allylic oxidation sites excluding steroid dienone is 1. The van der Waals surface area contributed by atoms with E-state index in [1.54, 1.807) is 16.3 Å². The van der Waals surface area contributed by atoms with Gasteiger partial charge in [0.2, 0.25) is 0 Å². The van der Waals surface area contributed by atoms with Crippen molar-refractivity contribution in [2.24, 2.45) is 5.92 Å². The Kier molecular flexibility index (Phi) is 9.57. The summed E-state index contributed by atoms with van der Waals surface area (Å²) in [6, 6.07) is 33.9. The van der Waals surface area contributed by atoms with E-state index in [1.807, 2.05) is 0 Å². The third-order valence-electron chi connectivity index (χ3n) is 7.51. The van der Waals surface area contributed by atoms with Crippen molar-refractivity contribution in [2.75, 3.05) is 0 Å². The van der Waals surface area contributed by atoms with E-state index >= 15 is 0 Å². The maximum Gasteiger partial charge on any atom is 3.00 e. The zero-order chi connectivity index (χ0) is 23.4. The zero-order valence-corrected chi connectivity index (χ0v) is 26.6. The van der Waals surface area contributed by atoms with E-state index in [0.717, 1.165) is 0 Å². The second-order valence-electron chi connectivity index (χ2n) is 10.1. The molecule has 1 aliphatic carbocycles. The number of halogens is 2. The van der Waals surface area contributed by atoms with Crippen molar-refractivity contribution < 1.29 is 51.0 Å². The van der Waals surface area contributed by atoms with Crippen molar-refractivity contribution in [1.82, 2.24) is 0 Å². The molecule has 0 saturated carbocycles. The van der Waals surface area contributed by atoms with Crippen LogP contribution in [-0.4, -0.2) is 8.80 Å². The third-order valence-corrected chi connectivity index (χ3v) is 9.03. The van der Waals surface area contributed by atoms with Crippen molar-refractivity contribution >= 4 is 41.6 Å². The summed E-state index contributed by atoms with van der Waals surface area (Å²) in [5.74, 6) is 0.798. The Balaban J connectivity index is 0.00000127. The van der Waals surface area contributed by atoms with Crippen LogP contribution in [0.5, 0.6) is 0 Å². The fourth-order valence-corrected chi connectivity index (χ4v) is 7.15. The number of hydrogen-bond donors (Lipinski definition) is 0. The minimum Gasteiger partial charge on any atom is -1.00 e. The molecular formula is C33H30Cl2SiZr. The van der Waals surface area contributed by atoms with Gasteiger partial charge in [0.25, 0.3) is 0 Å². The molecule has 1 unspecified atom stereocenters. The Hall–Kier alpha value is -1.83. The van der Waals surface area contributed by atoms with Gasteiger partial charge in [0.05, 0.1) is 8.80 Å². The molecule has 37 heavy (non-hydrogen) atoms. The van der Waals surface area contributed by atoms with E-state index in [-0.39, 0.29) is 51.0 Å². The molecule has 2 radical (unpaired) electrons. The normalized spacial score (nSPS) is 14.2. The molecule has 1 aliphatic rings. The van der Waals surface area contributed by atoms with Crippen molar-refractivity contribution in [3.63, 3.8) is 0 Å². The van der Waals surface area contributed by atoms with E-state index in [9.17, 15) is 0 Å². The topological polar surface area (TPSA) is 0 Å². The predicted molar refractivity (Wildman–Crippen MR) is 151 cm³/mol. The fraction of sp³-hybridized carbons (Fsp3) is 0.182. The molecule has 6 rings (SSSR count). The van der Waals surface area contributed by atoms with E-state index in [0.29, 0.717) is 11.8 Å². The smallest absolute Gasteiger partial charge is 1.00 e. The van der Waals surface area contributed by atoms with Crippen molar-refractivity contribution in [3.8, 4) is 11.1 Å². The molecule has 0 fully saturated rings. The van der Waals surface area contributed by atoms with E-state index < -0.39 is 8.80 Å². The Morgan fingerprint density at radius 2 is 1.46 bits per heavy atom. The van der Waals surface area contributed by atoms with Crippen LogP contribution < -0.4 is 30.0 Å². The molecule has 1 atom stereocenters. The largest absolute Gasteiger partial charge is 3.00 e. The Morgan fingerprint density at radius 3 is 2.16 bits per heavy atom. The van der Waals surface area contributed by atoms with Crippen LogP contribution in [0.2, 0.25) is 13.1 Å². The molecule has 0 bridgehead atoms. The van der Waals surface area contributed by atoms with Crippen LogP contribution in [0.1, 0.15) is 36.5 Å². The van der Waals surface area contributed by atoms with Gasteiger partial charge in [-0.3, -0.25) is 0 Å². The van der Waals surface area contributed by atoms with Gasteiger partial charge in [-0.25, -0.2) is 0 Å². The minimum absolute atomic E-state index is 0. The van der Waals surface area contributed by atoms with E-state index in [4.69, 9.17) is 0 Å². The van der Waals surface area contributed by atoms with Gasteiger partial charge >= 0.3 is 26.2 Å². The molecular weight excluding hydrogens is 587 g/mol. The quantitative estimate of drug-likeness (QED) is 0.215. The van der Waals surface area contributed by atoms with Crippen LogP contribution in [0, 0.1) is 5.92 Å². The molecule has 0 saturated heterocycles. The van der Waals surface area contributed by atoms with Gasteiger partial charge in [-0.2, -0.15) is 0 Å². The SMILES string of the molecule is CC(C)C1=Cc2c(-c3ccccc3)cccc2C1c1c([Si](C)C)ccc2c1[cH-]c1ccccc12.[Cl-].[Cl-].[Zr+3]. The average Bonchev–Trinajstić information content (AvgIpc) is 3.42. The van der Waals surface area contributed by atoms with Gasteiger partial charge in [-0.05, 0) is 28.2 Å². The van der Waals surface area contributed by atoms with Crippen LogP contribution in [0.4, 0.5) is 0 Å². The summed E-state index contributed by atoms with van der Waals surface area (Å²) >= 11 is 0. The van der Waals surface area contributed by atoms with Crippen LogP contribution in [-0.2, 0) is 26.2 Å². The molecule has 0 amide bonds. The molecule has 0 spiro atoms. The maximum atomic E-state index is 2.51. The fourth-order valence-electron chi connectivity index (χ4n) is 5.91. The summed E-state index contributed by atoms with van der Waals surface area (Å²) in [5, 5.41) is 7.14. The molecule has 0 aromatic heterocycles. The van der Waals surface area contributed by atoms with Crippen LogP contribution in [0.15, 0.2) is 96.6 Å². The van der Waals surface area contributed by atoms with Gasteiger partial charge < -0.3 is 24.8 Å². The number of hydrogen-bond acceptors (Lipinski definition) is 0. The number of benzene rings is 4. The van der Waals surface area contributed by atoms with Crippen LogP contribution in [0.3, 0.4) is 0 Å². The minimum atomic E-state index is -0.645. The molecule has 0 N–H and O–H groups in total. The van der Waals surface area contributed by atoms with Gasteiger partial charge in [-0.1, -0.05) is 128 Å². The molecule has 0 nitrogen and oxygen atoms in total. The predicted octanol–water partition coefficient (Wildman–Crippen LogP) is 2.53. The van der Waals surface area contributed by atoms with Gasteiger partial charge in [0, 0.05) is 5.92 Å². The zero-order valence-electron chi connectivity index (χ0n) is 21.6. The summed E-state index contributed by atoms with van der Waals surface area (Å²) in [5.41, 5.74) is 8.61. The molecule has 0 heterocycles. The standard InChI is InChI=1S/C33H30Si.2ClH.Zr/c1-21(2)28-20-29-24(22-11-6-5-7-12-22)15-10-16-27(29)32(28)33-30-19-23-13-8-9-14-25(23)26(30)17-18-31(33)34(3)4;;;/h5-21,32H,1-4H3;2*1H;/q-1;;;+3/p-2. The van der Waals surface area contributed by atoms with Crippen molar-refractivity contribution in [3.05, 3.63) is 113 Å². The molecule has 0 aliphatic heterocycles. The molecule has 4 heteroatoms. The molecule has 5 aromatic carbocycles. The first-order valence-corrected chi connectivity index (χ1v) is 14.9. The Labute approximate surface area is 254 Å². The summed E-state index contributed by atoms with van der Waals surface area (Å²) in [4.78, 5) is 0.